The summed E-state index contributed by atoms with van der Waals surface area (Å²) in [4.78, 5) is 14.0. The van der Waals surface area contributed by atoms with Gasteiger partial charge in [-0.2, -0.15) is 0 Å². The lowest BCUT2D eigenvalue weighted by molar-refractivity contribution is 0.0584. The van der Waals surface area contributed by atoms with Gasteiger partial charge in [-0.1, -0.05) is 12.1 Å². The molecule has 0 aromatic heterocycles. The van der Waals surface area contributed by atoms with Crippen molar-refractivity contribution in [3.05, 3.63) is 29.3 Å². The molecular weight excluding hydrogens is 264 g/mol. The Bertz CT molecular complexity index is 542. The molecule has 1 N–H and O–H groups in total. The molecule has 21 heavy (non-hydrogen) atoms. The fraction of sp³-hybridized carbons (Fsp3) is 0.588. The summed E-state index contributed by atoms with van der Waals surface area (Å²) < 4.78 is 5.49. The lowest BCUT2D eigenvalue weighted by Crippen LogP contribution is -2.35. The molecule has 0 saturated carbocycles. The van der Waals surface area contributed by atoms with Crippen LogP contribution in [-0.2, 0) is 11.2 Å². The quantitative estimate of drug-likeness (QED) is 0.863. The molecule has 2 heterocycles. The summed E-state index contributed by atoms with van der Waals surface area (Å²) in [7, 11) is 0. The summed E-state index contributed by atoms with van der Waals surface area (Å²) in [6, 6.07) is 6.52. The Morgan fingerprint density at radius 2 is 2.19 bits per heavy atom. The Hall–Kier alpha value is -1.55. The summed E-state index contributed by atoms with van der Waals surface area (Å²) in [5.41, 5.74) is 3.23. The van der Waals surface area contributed by atoms with Gasteiger partial charge < -0.3 is 10.1 Å². The van der Waals surface area contributed by atoms with E-state index in [-0.39, 0.29) is 6.09 Å². The highest BCUT2D eigenvalue weighted by atomic mass is 16.6. The van der Waals surface area contributed by atoms with Crippen LogP contribution in [0.3, 0.4) is 0 Å². The molecule has 1 fully saturated rings. The standard InChI is InChI=1S/C17H24N2O2/c1-17(2,3)21-16(20)19-9-7-13-10-12(4-5-15(13)19)14-6-8-18-11-14/h4-5,10,14,18H,6-9,11H2,1-3H3. The largest absolute Gasteiger partial charge is 0.443 e. The van der Waals surface area contributed by atoms with E-state index in [2.05, 4.69) is 23.5 Å². The van der Waals surface area contributed by atoms with Crippen molar-refractivity contribution in [2.75, 3.05) is 24.5 Å². The zero-order chi connectivity index (χ0) is 15.0. The first-order chi connectivity index (χ1) is 9.94. The van der Waals surface area contributed by atoms with Crippen LogP contribution in [0.4, 0.5) is 10.5 Å². The number of benzene rings is 1. The first-order valence-electron chi connectivity index (χ1n) is 7.78. The monoisotopic (exact) mass is 288 g/mol. The van der Waals surface area contributed by atoms with Crippen LogP contribution in [0.5, 0.6) is 0 Å². The van der Waals surface area contributed by atoms with Crippen LogP contribution >= 0.6 is 0 Å². The van der Waals surface area contributed by atoms with Crippen molar-refractivity contribution in [2.24, 2.45) is 0 Å². The van der Waals surface area contributed by atoms with Gasteiger partial charge >= 0.3 is 6.09 Å². The molecule has 1 amide bonds. The molecule has 3 rings (SSSR count). The molecule has 1 unspecified atom stereocenters. The molecule has 0 bridgehead atoms. The van der Waals surface area contributed by atoms with Crippen LogP contribution in [0.1, 0.15) is 44.2 Å². The first-order valence-corrected chi connectivity index (χ1v) is 7.78. The zero-order valence-corrected chi connectivity index (χ0v) is 13.1. The molecule has 0 spiro atoms. The van der Waals surface area contributed by atoms with Gasteiger partial charge in [-0.3, -0.25) is 4.90 Å². The summed E-state index contributed by atoms with van der Waals surface area (Å²) in [6.45, 7) is 8.59. The number of ether oxygens (including phenoxy) is 1. The second-order valence-electron chi connectivity index (χ2n) is 6.96. The van der Waals surface area contributed by atoms with Crippen LogP contribution in [0.2, 0.25) is 0 Å². The van der Waals surface area contributed by atoms with Crippen LogP contribution < -0.4 is 10.2 Å². The number of hydrogen-bond acceptors (Lipinski definition) is 3. The molecule has 1 aromatic rings. The van der Waals surface area contributed by atoms with E-state index in [1.807, 2.05) is 20.8 Å². The molecule has 114 valence electrons. The van der Waals surface area contributed by atoms with Gasteiger partial charge in [0.25, 0.3) is 0 Å². The average molecular weight is 288 g/mol. The second-order valence-corrected chi connectivity index (χ2v) is 6.96. The number of hydrogen-bond donors (Lipinski definition) is 1. The van der Waals surface area contributed by atoms with Crippen LogP contribution in [-0.4, -0.2) is 31.3 Å². The van der Waals surface area contributed by atoms with E-state index in [4.69, 9.17) is 4.74 Å². The van der Waals surface area contributed by atoms with Crippen molar-refractivity contribution in [1.29, 1.82) is 0 Å². The minimum absolute atomic E-state index is 0.239. The van der Waals surface area contributed by atoms with Gasteiger partial charge in [-0.05, 0) is 63.3 Å². The minimum atomic E-state index is -0.449. The van der Waals surface area contributed by atoms with E-state index in [1.54, 1.807) is 4.90 Å². The molecule has 0 aliphatic carbocycles. The third-order valence-corrected chi connectivity index (χ3v) is 4.14. The van der Waals surface area contributed by atoms with Crippen molar-refractivity contribution in [2.45, 2.75) is 45.1 Å². The maximum Gasteiger partial charge on any atom is 0.414 e. The molecule has 0 radical (unpaired) electrons. The molecule has 4 nitrogen and oxygen atoms in total. The number of carbonyl (C=O) groups is 1. The Morgan fingerprint density at radius 1 is 1.38 bits per heavy atom. The zero-order valence-electron chi connectivity index (χ0n) is 13.1. The third kappa shape index (κ3) is 3.05. The SMILES string of the molecule is CC(C)(C)OC(=O)N1CCc2cc(C3CCNC3)ccc21. The first kappa shape index (κ1) is 14.4. The molecular formula is C17H24N2O2. The van der Waals surface area contributed by atoms with Crippen molar-refractivity contribution in [3.63, 3.8) is 0 Å². The van der Waals surface area contributed by atoms with Gasteiger partial charge in [0.2, 0.25) is 0 Å². The van der Waals surface area contributed by atoms with Crippen LogP contribution in [0.25, 0.3) is 0 Å². The predicted octanol–water partition coefficient (Wildman–Crippen LogP) is 3.06. The Labute approximate surface area is 126 Å². The lowest BCUT2D eigenvalue weighted by Gasteiger charge is -2.25. The van der Waals surface area contributed by atoms with E-state index in [0.29, 0.717) is 5.92 Å². The highest BCUT2D eigenvalue weighted by Crippen LogP contribution is 2.33. The summed E-state index contributed by atoms with van der Waals surface area (Å²) in [6.07, 6.45) is 1.88. The minimum Gasteiger partial charge on any atom is -0.443 e. The Balaban J connectivity index is 1.78. The number of nitrogens with one attached hydrogen (secondary N) is 1. The van der Waals surface area contributed by atoms with Crippen molar-refractivity contribution >= 4 is 11.8 Å². The normalized spacial score (nSPS) is 21.5. The van der Waals surface area contributed by atoms with E-state index in [0.717, 1.165) is 31.7 Å². The summed E-state index contributed by atoms with van der Waals surface area (Å²) in [5, 5.41) is 3.41. The molecule has 1 saturated heterocycles. The number of rotatable bonds is 1. The number of nitrogens with zero attached hydrogens (tertiary/aromatic N) is 1. The lowest BCUT2D eigenvalue weighted by atomic mass is 9.96. The smallest absolute Gasteiger partial charge is 0.414 e. The predicted molar refractivity (Wildman–Crippen MR) is 84.0 cm³/mol. The highest BCUT2D eigenvalue weighted by molar-refractivity contribution is 5.90. The van der Waals surface area contributed by atoms with Crippen LogP contribution in [0.15, 0.2) is 18.2 Å². The Morgan fingerprint density at radius 3 is 2.86 bits per heavy atom. The fourth-order valence-electron chi connectivity index (χ4n) is 3.12. The van der Waals surface area contributed by atoms with Gasteiger partial charge in [-0.15, -0.1) is 0 Å². The number of fused-ring (bicyclic) bond motifs is 1. The maximum atomic E-state index is 12.3. The van der Waals surface area contributed by atoms with Crippen molar-refractivity contribution in [3.8, 4) is 0 Å². The van der Waals surface area contributed by atoms with Gasteiger partial charge in [0.15, 0.2) is 0 Å². The molecule has 1 aromatic carbocycles. The van der Waals surface area contributed by atoms with E-state index >= 15 is 0 Å². The number of carbonyl (C=O) groups excluding carboxylic acids is 1. The van der Waals surface area contributed by atoms with Crippen molar-refractivity contribution < 1.29 is 9.53 Å². The molecule has 2 aliphatic rings. The Kier molecular flexibility index (Phi) is 3.66. The van der Waals surface area contributed by atoms with E-state index in [9.17, 15) is 4.79 Å². The van der Waals surface area contributed by atoms with E-state index in [1.165, 1.54) is 17.5 Å². The number of anilines is 1. The molecule has 1 atom stereocenters. The van der Waals surface area contributed by atoms with E-state index < -0.39 is 5.60 Å². The molecule has 4 heteroatoms. The van der Waals surface area contributed by atoms with Gasteiger partial charge in [0.05, 0.1) is 5.69 Å². The van der Waals surface area contributed by atoms with Gasteiger partial charge in [0, 0.05) is 13.1 Å². The molecule has 2 aliphatic heterocycles. The highest BCUT2D eigenvalue weighted by Gasteiger charge is 2.29. The maximum absolute atomic E-state index is 12.3. The summed E-state index contributed by atoms with van der Waals surface area (Å²) >= 11 is 0. The third-order valence-electron chi connectivity index (χ3n) is 4.14. The number of amides is 1. The topological polar surface area (TPSA) is 41.6 Å². The van der Waals surface area contributed by atoms with Crippen molar-refractivity contribution in [1.82, 2.24) is 5.32 Å². The fourth-order valence-corrected chi connectivity index (χ4v) is 3.12. The van der Waals surface area contributed by atoms with Gasteiger partial charge in [-0.25, -0.2) is 4.79 Å². The second kappa shape index (κ2) is 5.34. The van der Waals surface area contributed by atoms with Crippen LogP contribution in [0, 0.1) is 0 Å². The van der Waals surface area contributed by atoms with Gasteiger partial charge in [0.1, 0.15) is 5.60 Å². The summed E-state index contributed by atoms with van der Waals surface area (Å²) in [5.74, 6) is 0.617. The average Bonchev–Trinajstić information content (AvgIpc) is 3.05.